The standard InChI is InChI=1S/C26H28N8O2/c1-26(2,3)22-15-23(33-36-22)32-25(35)31-21-7-4-6-19(14-21)8-9-20-16-29-24(30-17-20)28-10-5-12-34-13-11-27-18-34/h4,6-7,11,13-18H,5,10,12H2,1-3H3,(H,28,29,30)(H2,31,32,33,35). The van der Waals surface area contributed by atoms with Crippen molar-refractivity contribution in [2.75, 3.05) is 22.5 Å². The van der Waals surface area contributed by atoms with Gasteiger partial charge in [0.1, 0.15) is 5.76 Å². The van der Waals surface area contributed by atoms with E-state index in [9.17, 15) is 4.79 Å². The van der Waals surface area contributed by atoms with Crippen molar-refractivity contribution in [3.05, 3.63) is 78.3 Å². The van der Waals surface area contributed by atoms with Crippen molar-refractivity contribution < 1.29 is 9.32 Å². The van der Waals surface area contributed by atoms with E-state index < -0.39 is 6.03 Å². The second kappa shape index (κ2) is 11.2. The molecule has 2 amide bonds. The topological polar surface area (TPSA) is 123 Å². The van der Waals surface area contributed by atoms with Gasteiger partial charge in [0.05, 0.1) is 11.9 Å². The van der Waals surface area contributed by atoms with Crippen LogP contribution in [0.25, 0.3) is 0 Å². The smallest absolute Gasteiger partial charge is 0.324 e. The minimum atomic E-state index is -0.421. The first-order valence-electron chi connectivity index (χ1n) is 11.5. The van der Waals surface area contributed by atoms with Gasteiger partial charge < -0.3 is 19.7 Å². The van der Waals surface area contributed by atoms with E-state index in [4.69, 9.17) is 4.52 Å². The van der Waals surface area contributed by atoms with E-state index in [2.05, 4.69) is 47.9 Å². The molecule has 0 aliphatic rings. The molecular weight excluding hydrogens is 456 g/mol. The van der Waals surface area contributed by atoms with Crippen molar-refractivity contribution in [3.8, 4) is 11.8 Å². The number of rotatable bonds is 7. The van der Waals surface area contributed by atoms with Crippen LogP contribution in [-0.4, -0.2) is 37.3 Å². The van der Waals surface area contributed by atoms with Crippen molar-refractivity contribution in [2.24, 2.45) is 0 Å². The molecule has 0 atom stereocenters. The maximum absolute atomic E-state index is 12.4. The normalized spacial score (nSPS) is 10.9. The predicted molar refractivity (Wildman–Crippen MR) is 138 cm³/mol. The average molecular weight is 485 g/mol. The first-order valence-corrected chi connectivity index (χ1v) is 11.5. The molecule has 0 bridgehead atoms. The van der Waals surface area contributed by atoms with Gasteiger partial charge in [-0.15, -0.1) is 0 Å². The molecule has 0 aliphatic carbocycles. The van der Waals surface area contributed by atoms with Crippen molar-refractivity contribution in [2.45, 2.75) is 39.2 Å². The molecule has 36 heavy (non-hydrogen) atoms. The fourth-order valence-corrected chi connectivity index (χ4v) is 3.15. The second-order valence-corrected chi connectivity index (χ2v) is 9.11. The highest BCUT2D eigenvalue weighted by atomic mass is 16.5. The Bertz CT molecular complexity index is 1340. The van der Waals surface area contributed by atoms with Crippen LogP contribution in [0.3, 0.4) is 0 Å². The van der Waals surface area contributed by atoms with Crippen LogP contribution in [-0.2, 0) is 12.0 Å². The molecule has 3 aromatic heterocycles. The summed E-state index contributed by atoms with van der Waals surface area (Å²) in [6.07, 6.45) is 9.79. The van der Waals surface area contributed by atoms with Gasteiger partial charge in [-0.25, -0.2) is 19.7 Å². The Balaban J connectivity index is 1.28. The van der Waals surface area contributed by atoms with Crippen molar-refractivity contribution in [3.63, 3.8) is 0 Å². The molecule has 0 saturated carbocycles. The zero-order chi connectivity index (χ0) is 25.4. The van der Waals surface area contributed by atoms with E-state index in [1.165, 1.54) is 0 Å². The molecule has 1 aromatic carbocycles. The lowest BCUT2D eigenvalue weighted by molar-refractivity contribution is 0.262. The van der Waals surface area contributed by atoms with Gasteiger partial charge in [-0.1, -0.05) is 43.8 Å². The summed E-state index contributed by atoms with van der Waals surface area (Å²) in [4.78, 5) is 25.0. The Morgan fingerprint density at radius 3 is 2.61 bits per heavy atom. The molecule has 0 radical (unpaired) electrons. The van der Waals surface area contributed by atoms with Crippen LogP contribution < -0.4 is 16.0 Å². The molecule has 0 spiro atoms. The number of carbonyl (C=O) groups excluding carboxylic acids is 1. The molecule has 0 aliphatic heterocycles. The third-order valence-corrected chi connectivity index (χ3v) is 5.05. The van der Waals surface area contributed by atoms with Crippen molar-refractivity contribution in [1.29, 1.82) is 0 Å². The van der Waals surface area contributed by atoms with Gasteiger partial charge in [0.25, 0.3) is 0 Å². The summed E-state index contributed by atoms with van der Waals surface area (Å²) in [6.45, 7) is 7.66. The Kier molecular flexibility index (Phi) is 7.60. The number of hydrogen-bond donors (Lipinski definition) is 3. The summed E-state index contributed by atoms with van der Waals surface area (Å²) < 4.78 is 7.32. The molecular formula is C26H28N8O2. The van der Waals surface area contributed by atoms with E-state index in [0.29, 0.717) is 28.8 Å². The lowest BCUT2D eigenvalue weighted by atomic mass is 9.93. The summed E-state index contributed by atoms with van der Waals surface area (Å²) >= 11 is 0. The van der Waals surface area contributed by atoms with Gasteiger partial charge in [0.15, 0.2) is 5.82 Å². The summed E-state index contributed by atoms with van der Waals surface area (Å²) in [5.74, 6) is 7.72. The first kappa shape index (κ1) is 24.5. The minimum absolute atomic E-state index is 0.195. The number of anilines is 3. The van der Waals surface area contributed by atoms with Crippen LogP contribution in [0, 0.1) is 11.8 Å². The van der Waals surface area contributed by atoms with Gasteiger partial charge in [0.2, 0.25) is 5.95 Å². The van der Waals surface area contributed by atoms with Gasteiger partial charge in [0, 0.05) is 60.6 Å². The summed E-state index contributed by atoms with van der Waals surface area (Å²) in [7, 11) is 0. The molecule has 10 nitrogen and oxygen atoms in total. The van der Waals surface area contributed by atoms with E-state index in [-0.39, 0.29) is 5.41 Å². The SMILES string of the molecule is CC(C)(C)c1cc(NC(=O)Nc2cccc(C#Cc3cnc(NCCCn4ccnc4)nc3)c2)no1. The van der Waals surface area contributed by atoms with Crippen LogP contribution in [0.5, 0.6) is 0 Å². The third-order valence-electron chi connectivity index (χ3n) is 5.05. The highest BCUT2D eigenvalue weighted by Crippen LogP contribution is 2.24. The molecule has 0 unspecified atom stereocenters. The Labute approximate surface area is 209 Å². The van der Waals surface area contributed by atoms with Crippen LogP contribution in [0.1, 0.15) is 44.1 Å². The fourth-order valence-electron chi connectivity index (χ4n) is 3.15. The number of aromatic nitrogens is 5. The van der Waals surface area contributed by atoms with Gasteiger partial charge >= 0.3 is 6.03 Å². The number of benzene rings is 1. The Morgan fingerprint density at radius 1 is 1.08 bits per heavy atom. The van der Waals surface area contributed by atoms with Crippen LogP contribution in [0.2, 0.25) is 0 Å². The summed E-state index contributed by atoms with van der Waals surface area (Å²) in [5.41, 5.74) is 1.84. The molecule has 184 valence electrons. The highest BCUT2D eigenvalue weighted by Gasteiger charge is 2.20. The molecule has 10 heteroatoms. The summed E-state index contributed by atoms with van der Waals surface area (Å²) in [5, 5.41) is 12.5. The lowest BCUT2D eigenvalue weighted by Gasteiger charge is -2.12. The monoisotopic (exact) mass is 484 g/mol. The number of nitrogens with one attached hydrogen (secondary N) is 3. The van der Waals surface area contributed by atoms with E-state index in [0.717, 1.165) is 25.1 Å². The van der Waals surface area contributed by atoms with E-state index in [1.807, 2.05) is 43.7 Å². The third kappa shape index (κ3) is 7.17. The summed E-state index contributed by atoms with van der Waals surface area (Å²) in [6, 6.07) is 8.54. The number of amides is 2. The fraction of sp³-hybridized carbons (Fsp3) is 0.269. The molecule has 0 fully saturated rings. The van der Waals surface area contributed by atoms with Crippen molar-refractivity contribution in [1.82, 2.24) is 24.7 Å². The maximum Gasteiger partial charge on any atom is 0.324 e. The van der Waals surface area contributed by atoms with Crippen LogP contribution in [0.15, 0.2) is 66.0 Å². The lowest BCUT2D eigenvalue weighted by Crippen LogP contribution is -2.19. The largest absolute Gasteiger partial charge is 0.359 e. The van der Waals surface area contributed by atoms with Gasteiger partial charge in [-0.2, -0.15) is 0 Å². The number of hydrogen-bond acceptors (Lipinski definition) is 7. The highest BCUT2D eigenvalue weighted by molar-refractivity contribution is 5.99. The minimum Gasteiger partial charge on any atom is -0.359 e. The average Bonchev–Trinajstić information content (AvgIpc) is 3.54. The molecule has 3 N–H and O–H groups in total. The quantitative estimate of drug-likeness (QED) is 0.261. The number of imidazole rings is 1. The van der Waals surface area contributed by atoms with E-state index >= 15 is 0 Å². The van der Waals surface area contributed by atoms with E-state index in [1.54, 1.807) is 43.1 Å². The maximum atomic E-state index is 12.4. The molecule has 4 rings (SSSR count). The Morgan fingerprint density at radius 2 is 1.89 bits per heavy atom. The first-order chi connectivity index (χ1) is 17.3. The number of nitrogens with zero attached hydrogens (tertiary/aromatic N) is 5. The number of aryl methyl sites for hydroxylation is 1. The molecule has 3 heterocycles. The Hall–Kier alpha value is -4.65. The van der Waals surface area contributed by atoms with Crippen LogP contribution >= 0.6 is 0 Å². The predicted octanol–water partition coefficient (Wildman–Crippen LogP) is 4.50. The molecule has 4 aromatic rings. The second-order valence-electron chi connectivity index (χ2n) is 9.11. The zero-order valence-corrected chi connectivity index (χ0v) is 20.4. The zero-order valence-electron chi connectivity index (χ0n) is 20.4. The number of urea groups is 1. The van der Waals surface area contributed by atoms with Crippen molar-refractivity contribution >= 4 is 23.5 Å². The van der Waals surface area contributed by atoms with Crippen LogP contribution in [0.4, 0.5) is 22.2 Å². The van der Waals surface area contributed by atoms with Gasteiger partial charge in [-0.3, -0.25) is 5.32 Å². The number of carbonyl (C=O) groups is 1. The van der Waals surface area contributed by atoms with Gasteiger partial charge in [-0.05, 0) is 24.6 Å². The molecule has 0 saturated heterocycles.